The number of carbonyl (C=O) groups excluding carboxylic acids is 2. The molecule has 2 aromatic rings. The molecule has 0 bridgehead atoms. The molecule has 2 aromatic carbocycles. The average Bonchev–Trinajstić information content (AvgIpc) is 3.31. The number of nitrogens with one attached hydrogen (secondary N) is 1. The van der Waals surface area contributed by atoms with Crippen molar-refractivity contribution in [2.24, 2.45) is 5.92 Å². The van der Waals surface area contributed by atoms with E-state index in [-0.39, 0.29) is 31.1 Å². The summed E-state index contributed by atoms with van der Waals surface area (Å²) in [5, 5.41) is 2.85. The van der Waals surface area contributed by atoms with Gasteiger partial charge in [-0.3, -0.25) is 9.59 Å². The SMILES string of the molecule is Cc1ccc(OCC(=O)NC[C@H]2CC(=O)N(c3ccc4c(c3)OCO4)C2)cc1. The molecular formula is C21H22N2O5. The molecule has 146 valence electrons. The lowest BCUT2D eigenvalue weighted by Crippen LogP contribution is -2.34. The Morgan fingerprint density at radius 1 is 1.18 bits per heavy atom. The minimum absolute atomic E-state index is 0.0361. The van der Waals surface area contributed by atoms with Crippen LogP contribution in [0.4, 0.5) is 5.69 Å². The van der Waals surface area contributed by atoms with E-state index in [0.29, 0.717) is 36.8 Å². The number of anilines is 1. The number of aryl methyl sites for hydroxylation is 1. The summed E-state index contributed by atoms with van der Waals surface area (Å²) in [5.74, 6) is 1.89. The predicted octanol–water partition coefficient (Wildman–Crippen LogP) is 2.27. The van der Waals surface area contributed by atoms with Crippen LogP contribution in [-0.4, -0.2) is 38.3 Å². The van der Waals surface area contributed by atoms with E-state index in [2.05, 4.69) is 5.32 Å². The first-order valence-electron chi connectivity index (χ1n) is 9.24. The van der Waals surface area contributed by atoms with Gasteiger partial charge in [0.2, 0.25) is 12.7 Å². The molecule has 0 radical (unpaired) electrons. The average molecular weight is 382 g/mol. The number of hydrogen-bond donors (Lipinski definition) is 1. The van der Waals surface area contributed by atoms with Crippen molar-refractivity contribution >= 4 is 17.5 Å². The van der Waals surface area contributed by atoms with Gasteiger partial charge in [-0.15, -0.1) is 0 Å². The van der Waals surface area contributed by atoms with Crippen LogP contribution in [0.25, 0.3) is 0 Å². The van der Waals surface area contributed by atoms with E-state index in [1.165, 1.54) is 0 Å². The fourth-order valence-electron chi connectivity index (χ4n) is 3.31. The third-order valence-electron chi connectivity index (χ3n) is 4.85. The highest BCUT2D eigenvalue weighted by molar-refractivity contribution is 5.96. The van der Waals surface area contributed by atoms with Crippen molar-refractivity contribution in [3.8, 4) is 17.2 Å². The molecule has 0 unspecified atom stereocenters. The zero-order chi connectivity index (χ0) is 19.5. The highest BCUT2D eigenvalue weighted by atomic mass is 16.7. The maximum absolute atomic E-state index is 12.4. The molecule has 0 saturated carbocycles. The zero-order valence-electron chi connectivity index (χ0n) is 15.6. The standard InChI is InChI=1S/C21H22N2O5/c1-14-2-5-17(6-3-14)26-12-20(24)22-10-15-8-21(25)23(11-15)16-4-7-18-19(9-16)28-13-27-18/h2-7,9,15H,8,10-13H2,1H3,(H,22,24)/t15-/m1/s1. The van der Waals surface area contributed by atoms with Crippen LogP contribution in [0.5, 0.6) is 17.2 Å². The molecule has 0 aliphatic carbocycles. The van der Waals surface area contributed by atoms with Gasteiger partial charge in [0, 0.05) is 37.2 Å². The molecule has 4 rings (SSSR count). The Morgan fingerprint density at radius 3 is 2.79 bits per heavy atom. The Labute approximate surface area is 163 Å². The number of fused-ring (bicyclic) bond motifs is 1. The van der Waals surface area contributed by atoms with Gasteiger partial charge in [0.1, 0.15) is 5.75 Å². The van der Waals surface area contributed by atoms with Crippen LogP contribution in [0, 0.1) is 12.8 Å². The van der Waals surface area contributed by atoms with E-state index in [1.807, 2.05) is 49.4 Å². The van der Waals surface area contributed by atoms with Crippen LogP contribution in [0.3, 0.4) is 0 Å². The predicted molar refractivity (Wildman–Crippen MR) is 103 cm³/mol. The van der Waals surface area contributed by atoms with Crippen LogP contribution in [0.1, 0.15) is 12.0 Å². The van der Waals surface area contributed by atoms with Crippen molar-refractivity contribution in [1.29, 1.82) is 0 Å². The molecular weight excluding hydrogens is 360 g/mol. The lowest BCUT2D eigenvalue weighted by Gasteiger charge is -2.17. The van der Waals surface area contributed by atoms with E-state index >= 15 is 0 Å². The molecule has 1 fully saturated rings. The van der Waals surface area contributed by atoms with E-state index in [4.69, 9.17) is 14.2 Å². The molecule has 2 heterocycles. The number of hydrogen-bond acceptors (Lipinski definition) is 5. The quantitative estimate of drug-likeness (QED) is 0.829. The summed E-state index contributed by atoms with van der Waals surface area (Å²) < 4.78 is 16.2. The van der Waals surface area contributed by atoms with Gasteiger partial charge in [-0.05, 0) is 31.2 Å². The summed E-state index contributed by atoms with van der Waals surface area (Å²) in [7, 11) is 0. The zero-order valence-corrected chi connectivity index (χ0v) is 15.6. The molecule has 1 N–H and O–H groups in total. The Morgan fingerprint density at radius 2 is 1.96 bits per heavy atom. The lowest BCUT2D eigenvalue weighted by atomic mass is 10.1. The molecule has 2 aliphatic heterocycles. The second kappa shape index (κ2) is 7.80. The van der Waals surface area contributed by atoms with Crippen molar-refractivity contribution in [1.82, 2.24) is 5.32 Å². The molecule has 0 spiro atoms. The molecule has 1 atom stereocenters. The molecule has 28 heavy (non-hydrogen) atoms. The second-order valence-electron chi connectivity index (χ2n) is 7.02. The Kier molecular flexibility index (Phi) is 5.06. The van der Waals surface area contributed by atoms with Gasteiger partial charge >= 0.3 is 0 Å². The number of carbonyl (C=O) groups is 2. The third-order valence-corrected chi connectivity index (χ3v) is 4.85. The Balaban J connectivity index is 1.26. The number of benzene rings is 2. The number of ether oxygens (including phenoxy) is 3. The smallest absolute Gasteiger partial charge is 0.257 e. The van der Waals surface area contributed by atoms with E-state index in [0.717, 1.165) is 11.3 Å². The summed E-state index contributed by atoms with van der Waals surface area (Å²) in [5.41, 5.74) is 1.92. The van der Waals surface area contributed by atoms with Crippen molar-refractivity contribution < 1.29 is 23.8 Å². The second-order valence-corrected chi connectivity index (χ2v) is 7.02. The van der Waals surface area contributed by atoms with Gasteiger partial charge < -0.3 is 24.4 Å². The molecule has 7 nitrogen and oxygen atoms in total. The molecule has 2 amide bonds. The summed E-state index contributed by atoms with van der Waals surface area (Å²) >= 11 is 0. The monoisotopic (exact) mass is 382 g/mol. The van der Waals surface area contributed by atoms with Crippen molar-refractivity contribution in [3.63, 3.8) is 0 Å². The van der Waals surface area contributed by atoms with Crippen molar-refractivity contribution in [2.75, 3.05) is 31.4 Å². The molecule has 7 heteroatoms. The maximum atomic E-state index is 12.4. The minimum atomic E-state index is -0.199. The van der Waals surface area contributed by atoms with Gasteiger partial charge in [-0.2, -0.15) is 0 Å². The normalized spacial score (nSPS) is 17.7. The first kappa shape index (κ1) is 18.2. The van der Waals surface area contributed by atoms with Crippen LogP contribution >= 0.6 is 0 Å². The van der Waals surface area contributed by atoms with Gasteiger partial charge in [0.25, 0.3) is 5.91 Å². The Hall–Kier alpha value is -3.22. The lowest BCUT2D eigenvalue weighted by molar-refractivity contribution is -0.123. The van der Waals surface area contributed by atoms with Crippen molar-refractivity contribution in [2.45, 2.75) is 13.3 Å². The molecule has 1 saturated heterocycles. The van der Waals surface area contributed by atoms with Gasteiger partial charge in [0.05, 0.1) is 0 Å². The maximum Gasteiger partial charge on any atom is 0.257 e. The van der Waals surface area contributed by atoms with Gasteiger partial charge in [0.15, 0.2) is 18.1 Å². The molecule has 2 aliphatic rings. The van der Waals surface area contributed by atoms with Crippen molar-refractivity contribution in [3.05, 3.63) is 48.0 Å². The summed E-state index contributed by atoms with van der Waals surface area (Å²) in [6, 6.07) is 13.0. The van der Waals surface area contributed by atoms with E-state index in [9.17, 15) is 9.59 Å². The summed E-state index contributed by atoms with van der Waals surface area (Å²) in [6.07, 6.45) is 0.396. The van der Waals surface area contributed by atoms with E-state index < -0.39 is 0 Å². The number of rotatable bonds is 6. The van der Waals surface area contributed by atoms with Crippen LogP contribution in [0.15, 0.2) is 42.5 Å². The summed E-state index contributed by atoms with van der Waals surface area (Å²) in [6.45, 7) is 3.13. The summed E-state index contributed by atoms with van der Waals surface area (Å²) in [4.78, 5) is 26.1. The van der Waals surface area contributed by atoms with Gasteiger partial charge in [-0.1, -0.05) is 17.7 Å². The fourth-order valence-corrected chi connectivity index (χ4v) is 3.31. The van der Waals surface area contributed by atoms with Crippen LogP contribution in [-0.2, 0) is 9.59 Å². The van der Waals surface area contributed by atoms with Crippen LogP contribution < -0.4 is 24.4 Å². The first-order chi connectivity index (χ1) is 13.6. The third kappa shape index (κ3) is 4.03. The highest BCUT2D eigenvalue weighted by Gasteiger charge is 2.31. The Bertz CT molecular complexity index is 881. The molecule has 0 aromatic heterocycles. The first-order valence-corrected chi connectivity index (χ1v) is 9.24. The largest absolute Gasteiger partial charge is 0.484 e. The highest BCUT2D eigenvalue weighted by Crippen LogP contribution is 2.37. The number of amides is 2. The topological polar surface area (TPSA) is 77.1 Å². The number of nitrogens with zero attached hydrogens (tertiary/aromatic N) is 1. The minimum Gasteiger partial charge on any atom is -0.484 e. The van der Waals surface area contributed by atoms with E-state index in [1.54, 1.807) is 4.90 Å². The fraction of sp³-hybridized carbons (Fsp3) is 0.333. The van der Waals surface area contributed by atoms with Gasteiger partial charge in [-0.25, -0.2) is 0 Å². The van der Waals surface area contributed by atoms with Crippen LogP contribution in [0.2, 0.25) is 0 Å².